The van der Waals surface area contributed by atoms with Crippen LogP contribution in [0.15, 0.2) is 11.6 Å². The van der Waals surface area contributed by atoms with Gasteiger partial charge in [0, 0.05) is 23.5 Å². The Morgan fingerprint density at radius 1 is 1.55 bits per heavy atom. The van der Waals surface area contributed by atoms with Gasteiger partial charge in [-0.05, 0) is 12.8 Å². The van der Waals surface area contributed by atoms with Crippen molar-refractivity contribution < 1.29 is 0 Å². The maximum Gasteiger partial charge on any atom is 0.0149 e. The van der Waals surface area contributed by atoms with Gasteiger partial charge >= 0.3 is 0 Å². The van der Waals surface area contributed by atoms with Gasteiger partial charge in [-0.3, -0.25) is 0 Å². The van der Waals surface area contributed by atoms with Gasteiger partial charge in [-0.1, -0.05) is 40.5 Å². The molecule has 0 aromatic rings. The topological polar surface area (TPSA) is 12.0 Å². The lowest BCUT2D eigenvalue weighted by Gasteiger charge is -2.17. The predicted octanol–water partition coefficient (Wildman–Crippen LogP) is 2.75. The fourth-order valence-electron chi connectivity index (χ4n) is 0.633. The van der Waals surface area contributed by atoms with Gasteiger partial charge in [0.2, 0.25) is 0 Å². The van der Waals surface area contributed by atoms with Crippen molar-refractivity contribution in [1.29, 1.82) is 0 Å². The Balaban J connectivity index is 3.43. The summed E-state index contributed by atoms with van der Waals surface area (Å²) >= 11 is 8.81. The van der Waals surface area contributed by atoms with Gasteiger partial charge in [-0.25, -0.2) is 0 Å². The summed E-state index contributed by atoms with van der Waals surface area (Å²) in [6.45, 7) is 5.23. The summed E-state index contributed by atoms with van der Waals surface area (Å²) < 4.78 is 0. The minimum absolute atomic E-state index is 0.530. The molecular formula is C8H15BrClN. The van der Waals surface area contributed by atoms with Gasteiger partial charge < -0.3 is 5.32 Å². The van der Waals surface area contributed by atoms with Crippen LogP contribution in [0.3, 0.4) is 0 Å². The highest BCUT2D eigenvalue weighted by atomic mass is 79.9. The van der Waals surface area contributed by atoms with Crippen molar-refractivity contribution in [2.75, 3.05) is 11.9 Å². The van der Waals surface area contributed by atoms with Crippen LogP contribution in [0.5, 0.6) is 0 Å². The molecule has 0 radical (unpaired) electrons. The van der Waals surface area contributed by atoms with Gasteiger partial charge in [0.1, 0.15) is 0 Å². The summed E-state index contributed by atoms with van der Waals surface area (Å²) in [6.07, 6.45) is 1.90. The minimum Gasteiger partial charge on any atom is -0.310 e. The molecule has 0 rings (SSSR count). The van der Waals surface area contributed by atoms with E-state index >= 15 is 0 Å². The van der Waals surface area contributed by atoms with Gasteiger partial charge in [-0.15, -0.1) is 0 Å². The molecule has 0 aliphatic carbocycles. The molecule has 2 unspecified atom stereocenters. The lowest BCUT2D eigenvalue weighted by atomic mass is 10.1. The molecule has 0 saturated carbocycles. The van der Waals surface area contributed by atoms with Gasteiger partial charge in [0.05, 0.1) is 0 Å². The van der Waals surface area contributed by atoms with E-state index in [4.69, 9.17) is 11.6 Å². The van der Waals surface area contributed by atoms with Crippen molar-refractivity contribution in [3.8, 4) is 0 Å². The maximum atomic E-state index is 5.37. The number of nitrogens with one attached hydrogen (secondary N) is 1. The first kappa shape index (κ1) is 11.5. The molecule has 0 amide bonds. The highest BCUT2D eigenvalue weighted by molar-refractivity contribution is 9.09. The molecule has 2 atom stereocenters. The number of rotatable bonds is 5. The van der Waals surface area contributed by atoms with Crippen LogP contribution >= 0.6 is 27.5 Å². The third-order valence-electron chi connectivity index (χ3n) is 1.74. The summed E-state index contributed by atoms with van der Waals surface area (Å²) in [5, 5.41) is 4.37. The summed E-state index contributed by atoms with van der Waals surface area (Å²) in [4.78, 5) is 0. The molecule has 1 N–H and O–H groups in total. The first-order valence-corrected chi connectivity index (χ1v) is 5.32. The van der Waals surface area contributed by atoms with E-state index < -0.39 is 0 Å². The second-order valence-corrected chi connectivity index (χ2v) is 3.59. The molecule has 11 heavy (non-hydrogen) atoms. The monoisotopic (exact) mass is 239 g/mol. The standard InChI is InChI=1S/C8H15BrClN/c1-7(6-9)8(2)11-5-3-4-10/h3-4,7-8,11H,5-6H2,1-2H3/b4-3+. The summed E-state index contributed by atoms with van der Waals surface area (Å²) in [7, 11) is 0. The normalized spacial score (nSPS) is 17.1. The fourth-order valence-corrected chi connectivity index (χ4v) is 1.28. The molecule has 0 aromatic carbocycles. The molecule has 66 valence electrons. The van der Waals surface area contributed by atoms with E-state index in [-0.39, 0.29) is 0 Å². The maximum absolute atomic E-state index is 5.37. The van der Waals surface area contributed by atoms with Crippen LogP contribution in [-0.4, -0.2) is 17.9 Å². The zero-order valence-electron chi connectivity index (χ0n) is 6.98. The van der Waals surface area contributed by atoms with Gasteiger partial charge in [0.25, 0.3) is 0 Å². The molecule has 0 fully saturated rings. The Morgan fingerprint density at radius 3 is 2.64 bits per heavy atom. The van der Waals surface area contributed by atoms with E-state index in [1.54, 1.807) is 5.54 Å². The van der Waals surface area contributed by atoms with Crippen molar-refractivity contribution in [3.05, 3.63) is 11.6 Å². The van der Waals surface area contributed by atoms with Crippen molar-refractivity contribution >= 4 is 27.5 Å². The Hall–Kier alpha value is 0.470. The Labute approximate surface area is 82.3 Å². The lowest BCUT2D eigenvalue weighted by molar-refractivity contribution is 0.453. The molecule has 0 saturated heterocycles. The average Bonchev–Trinajstić information content (AvgIpc) is 2.03. The molecule has 3 heteroatoms. The van der Waals surface area contributed by atoms with E-state index in [0.29, 0.717) is 12.0 Å². The average molecular weight is 241 g/mol. The van der Waals surface area contributed by atoms with Crippen LogP contribution in [0, 0.1) is 5.92 Å². The van der Waals surface area contributed by atoms with Crippen LogP contribution in [0.25, 0.3) is 0 Å². The molecule has 0 aliphatic heterocycles. The van der Waals surface area contributed by atoms with Crippen LogP contribution in [-0.2, 0) is 0 Å². The Kier molecular flexibility index (Phi) is 7.44. The minimum atomic E-state index is 0.530. The van der Waals surface area contributed by atoms with Crippen molar-refractivity contribution in [3.63, 3.8) is 0 Å². The third kappa shape index (κ3) is 5.71. The molecular weight excluding hydrogens is 225 g/mol. The summed E-state index contributed by atoms with van der Waals surface area (Å²) in [5.74, 6) is 0.652. The van der Waals surface area contributed by atoms with E-state index in [2.05, 4.69) is 35.1 Å². The molecule has 0 heterocycles. The van der Waals surface area contributed by atoms with E-state index in [1.165, 1.54) is 0 Å². The Morgan fingerprint density at radius 2 is 2.18 bits per heavy atom. The quantitative estimate of drug-likeness (QED) is 0.729. The number of alkyl halides is 1. The summed E-state index contributed by atoms with van der Waals surface area (Å²) in [5.41, 5.74) is 1.54. The van der Waals surface area contributed by atoms with E-state index in [9.17, 15) is 0 Å². The zero-order chi connectivity index (χ0) is 8.69. The lowest BCUT2D eigenvalue weighted by Crippen LogP contribution is -2.32. The van der Waals surface area contributed by atoms with E-state index in [1.807, 2.05) is 6.08 Å². The highest BCUT2D eigenvalue weighted by Crippen LogP contribution is 2.05. The van der Waals surface area contributed by atoms with Crippen molar-refractivity contribution in [2.24, 2.45) is 5.92 Å². The molecule has 0 aromatic heterocycles. The second kappa shape index (κ2) is 7.14. The van der Waals surface area contributed by atoms with E-state index in [0.717, 1.165) is 11.9 Å². The first-order chi connectivity index (χ1) is 5.22. The first-order valence-electron chi connectivity index (χ1n) is 3.77. The molecule has 0 spiro atoms. The van der Waals surface area contributed by atoms with Crippen molar-refractivity contribution in [2.45, 2.75) is 19.9 Å². The smallest absolute Gasteiger partial charge is 0.0149 e. The van der Waals surface area contributed by atoms with Crippen molar-refractivity contribution in [1.82, 2.24) is 5.32 Å². The third-order valence-corrected chi connectivity index (χ3v) is 2.94. The van der Waals surface area contributed by atoms with Crippen LogP contribution < -0.4 is 5.32 Å². The zero-order valence-corrected chi connectivity index (χ0v) is 9.32. The largest absolute Gasteiger partial charge is 0.310 e. The van der Waals surface area contributed by atoms with Crippen LogP contribution in [0.4, 0.5) is 0 Å². The van der Waals surface area contributed by atoms with Crippen LogP contribution in [0.1, 0.15) is 13.8 Å². The number of hydrogen-bond donors (Lipinski definition) is 1. The molecule has 0 bridgehead atoms. The Bertz CT molecular complexity index is 117. The predicted molar refractivity (Wildman–Crippen MR) is 55.4 cm³/mol. The second-order valence-electron chi connectivity index (χ2n) is 2.69. The van der Waals surface area contributed by atoms with Gasteiger partial charge in [0.15, 0.2) is 0 Å². The van der Waals surface area contributed by atoms with Gasteiger partial charge in [-0.2, -0.15) is 0 Å². The number of hydrogen-bond acceptors (Lipinski definition) is 1. The molecule has 1 nitrogen and oxygen atoms in total. The molecule has 0 aliphatic rings. The highest BCUT2D eigenvalue weighted by Gasteiger charge is 2.07. The fraction of sp³-hybridized carbons (Fsp3) is 0.750. The summed E-state index contributed by atoms with van der Waals surface area (Å²) in [6, 6.07) is 0.530. The van der Waals surface area contributed by atoms with Crippen LogP contribution in [0.2, 0.25) is 0 Å². The SMILES string of the molecule is CC(CBr)C(C)NC/C=C/Cl. The number of halogens is 2.